The molecule has 2 atom stereocenters. The van der Waals surface area contributed by atoms with Gasteiger partial charge in [0.15, 0.2) is 0 Å². The third-order valence-electron chi connectivity index (χ3n) is 6.34. The van der Waals surface area contributed by atoms with Crippen LogP contribution in [0.25, 0.3) is 0 Å². The fourth-order valence-corrected chi connectivity index (χ4v) is 8.06. The largest absolute Gasteiger partial charge is 1.00 e. The van der Waals surface area contributed by atoms with Crippen LogP contribution < -0.4 is 24.8 Å². The van der Waals surface area contributed by atoms with Crippen molar-refractivity contribution >= 4 is 10.2 Å². The molecule has 0 aromatic rings. The fraction of sp³-hybridized carbons (Fsp3) is 0.556. The van der Waals surface area contributed by atoms with Gasteiger partial charge in [-0.3, -0.25) is 0 Å². The standard InChI is InChI=1S/C18H25Si.2ClH.Zr/c1-10-11(2)13(4)17(12(10)3)18(19)9-15-7-6-8-16(18)14(15)5;;;/h12H,6-8H2,1-5,19H3;2*1H;/q;;;+2/p-2. The van der Waals surface area contributed by atoms with Gasteiger partial charge in [-0.1, -0.05) is 0 Å². The molecule has 119 valence electrons. The summed E-state index contributed by atoms with van der Waals surface area (Å²) in [7, 11) is 1.25. The van der Waals surface area contributed by atoms with Crippen molar-refractivity contribution in [1.82, 2.24) is 0 Å². The Morgan fingerprint density at radius 2 is 1.59 bits per heavy atom. The molecule has 3 aliphatic carbocycles. The van der Waals surface area contributed by atoms with E-state index < -0.39 is 0 Å². The Hall–Kier alpha value is 0.640. The minimum absolute atomic E-state index is 0. The summed E-state index contributed by atoms with van der Waals surface area (Å²) in [6, 6.07) is 0. The van der Waals surface area contributed by atoms with Gasteiger partial charge in [0, 0.05) is 0 Å². The number of halogens is 2. The van der Waals surface area contributed by atoms with Crippen molar-refractivity contribution in [3.63, 3.8) is 0 Å². The van der Waals surface area contributed by atoms with E-state index in [2.05, 4.69) is 34.6 Å². The smallest absolute Gasteiger partial charge is 1.00 e. The number of fused-ring (bicyclic) bond motifs is 1. The Balaban J connectivity index is 0.00000121. The molecule has 4 heteroatoms. The summed E-state index contributed by atoms with van der Waals surface area (Å²) in [6.45, 7) is 11.9. The predicted octanol–water partition coefficient (Wildman–Crippen LogP) is -1.86. The van der Waals surface area contributed by atoms with Gasteiger partial charge in [-0.05, 0) is 0 Å². The van der Waals surface area contributed by atoms with E-state index in [1.807, 2.05) is 0 Å². The molecule has 0 fully saturated rings. The second-order valence-electron chi connectivity index (χ2n) is 7.00. The first-order valence-corrected chi connectivity index (χ1v) is 10.1. The second kappa shape index (κ2) is 6.87. The molecule has 0 amide bonds. The monoisotopic (exact) mass is 429 g/mol. The first-order chi connectivity index (χ1) is 9.31. The molecule has 0 radical (unpaired) electrons. The van der Waals surface area contributed by atoms with Gasteiger partial charge >= 0.3 is 142 Å². The summed E-state index contributed by atoms with van der Waals surface area (Å²) < 4.78 is 1.80. The van der Waals surface area contributed by atoms with Crippen molar-refractivity contribution in [3.05, 3.63) is 42.3 Å². The SMILES string of the molecule is CC1=C(C)C(C)C(C2([SiH3])[C]([Zr+2])=C3CCCC2=C3C)=C1C.[Cl-].[Cl-]. The Bertz CT molecular complexity index is 639. The van der Waals surface area contributed by atoms with Gasteiger partial charge in [0.25, 0.3) is 0 Å². The zero-order chi connectivity index (χ0) is 14.8. The zero-order valence-electron chi connectivity index (χ0n) is 14.5. The number of rotatable bonds is 1. The quantitative estimate of drug-likeness (QED) is 0.427. The van der Waals surface area contributed by atoms with Gasteiger partial charge in [0.2, 0.25) is 0 Å². The van der Waals surface area contributed by atoms with Crippen molar-refractivity contribution in [2.75, 3.05) is 0 Å². The first-order valence-electron chi connectivity index (χ1n) is 7.86. The van der Waals surface area contributed by atoms with Crippen LogP contribution in [0.4, 0.5) is 0 Å². The van der Waals surface area contributed by atoms with Crippen molar-refractivity contribution in [2.24, 2.45) is 5.92 Å². The Morgan fingerprint density at radius 1 is 1.00 bits per heavy atom. The van der Waals surface area contributed by atoms with Crippen molar-refractivity contribution < 1.29 is 49.5 Å². The van der Waals surface area contributed by atoms with Gasteiger partial charge in [-0.25, -0.2) is 0 Å². The summed E-state index contributed by atoms with van der Waals surface area (Å²) >= 11 is 1.66. The maximum atomic E-state index is 2.44. The van der Waals surface area contributed by atoms with Crippen LogP contribution in [0.5, 0.6) is 0 Å². The van der Waals surface area contributed by atoms with Gasteiger partial charge in [0.05, 0.1) is 0 Å². The van der Waals surface area contributed by atoms with Crippen molar-refractivity contribution in [3.8, 4) is 0 Å². The van der Waals surface area contributed by atoms with E-state index in [4.69, 9.17) is 0 Å². The van der Waals surface area contributed by atoms with Gasteiger partial charge < -0.3 is 24.8 Å². The molecule has 3 aliphatic rings. The van der Waals surface area contributed by atoms with E-state index in [1.54, 1.807) is 67.0 Å². The third-order valence-corrected chi connectivity index (χ3v) is 11.2. The molecule has 0 aliphatic heterocycles. The first kappa shape index (κ1) is 20.7. The molecule has 3 rings (SSSR count). The maximum absolute atomic E-state index is 2.44. The molecule has 0 nitrogen and oxygen atoms in total. The van der Waals surface area contributed by atoms with Crippen LogP contribution in [0.1, 0.15) is 53.9 Å². The molecule has 22 heavy (non-hydrogen) atoms. The Morgan fingerprint density at radius 3 is 2.05 bits per heavy atom. The van der Waals surface area contributed by atoms with Gasteiger partial charge in [0.1, 0.15) is 0 Å². The fourth-order valence-electron chi connectivity index (χ4n) is 4.86. The van der Waals surface area contributed by atoms with Crippen LogP contribution in [-0.4, -0.2) is 10.2 Å². The summed E-state index contributed by atoms with van der Waals surface area (Å²) in [5.41, 5.74) is 11.8. The number of hydrogen-bond donors (Lipinski definition) is 0. The third kappa shape index (κ3) is 2.48. The average molecular weight is 432 g/mol. The molecule has 0 aromatic carbocycles. The average Bonchev–Trinajstić information content (AvgIpc) is 2.66. The minimum Gasteiger partial charge on any atom is -1.00 e. The van der Waals surface area contributed by atoms with E-state index in [0.29, 0.717) is 11.0 Å². The van der Waals surface area contributed by atoms with Crippen LogP contribution in [0, 0.1) is 5.92 Å². The summed E-state index contributed by atoms with van der Waals surface area (Å²) in [5.74, 6) is 0.656. The molecule has 0 N–H and O–H groups in total. The minimum atomic E-state index is 0. The number of hydrogen-bond acceptors (Lipinski definition) is 0. The molecule has 0 spiro atoms. The normalized spacial score (nSPS) is 31.1. The molecule has 0 saturated carbocycles. The van der Waals surface area contributed by atoms with Crippen LogP contribution >= 0.6 is 0 Å². The van der Waals surface area contributed by atoms with Crippen LogP contribution in [0.3, 0.4) is 0 Å². The van der Waals surface area contributed by atoms with E-state index in [9.17, 15) is 0 Å². The van der Waals surface area contributed by atoms with Crippen LogP contribution in [0.15, 0.2) is 42.3 Å². The second-order valence-corrected chi connectivity index (χ2v) is 9.73. The topological polar surface area (TPSA) is 0 Å². The summed E-state index contributed by atoms with van der Waals surface area (Å²) in [6.07, 6.45) is 4.07. The Labute approximate surface area is 166 Å². The molecule has 2 unspecified atom stereocenters. The molecule has 0 heterocycles. The predicted molar refractivity (Wildman–Crippen MR) is 86.4 cm³/mol. The molecular formula is C18H25Cl2SiZr. The van der Waals surface area contributed by atoms with E-state index in [1.165, 1.54) is 29.5 Å². The van der Waals surface area contributed by atoms with Gasteiger partial charge in [-0.15, -0.1) is 0 Å². The van der Waals surface area contributed by atoms with E-state index in [-0.39, 0.29) is 24.8 Å². The zero-order valence-corrected chi connectivity index (χ0v) is 20.4. The van der Waals surface area contributed by atoms with E-state index >= 15 is 0 Å². The molecule has 0 aromatic heterocycles. The van der Waals surface area contributed by atoms with E-state index in [0.717, 1.165) is 0 Å². The maximum Gasteiger partial charge on any atom is -1.00 e. The molecule has 0 saturated heterocycles. The molecular weight excluding hydrogens is 406 g/mol. The van der Waals surface area contributed by atoms with Crippen LogP contribution in [-0.2, 0) is 24.7 Å². The van der Waals surface area contributed by atoms with Crippen molar-refractivity contribution in [1.29, 1.82) is 0 Å². The number of allylic oxidation sites excluding steroid dienone is 8. The van der Waals surface area contributed by atoms with Crippen LogP contribution in [0.2, 0.25) is 5.04 Å². The summed E-state index contributed by atoms with van der Waals surface area (Å²) in [5, 5.41) is 0.386. The van der Waals surface area contributed by atoms with Crippen molar-refractivity contribution in [2.45, 2.75) is 58.9 Å². The summed E-state index contributed by atoms with van der Waals surface area (Å²) in [4.78, 5) is 0. The molecule has 2 bridgehead atoms. The Kier molecular flexibility index (Phi) is 6.46. The van der Waals surface area contributed by atoms with Gasteiger partial charge in [-0.2, -0.15) is 0 Å².